The quantitative estimate of drug-likeness (QED) is 0.136. The molecule has 46 heavy (non-hydrogen) atoms. The Kier molecular flexibility index (Phi) is 20.9. The van der Waals surface area contributed by atoms with Crippen molar-refractivity contribution in [2.45, 2.75) is 86.7 Å². The van der Waals surface area contributed by atoms with Crippen LogP contribution in [0.5, 0.6) is 11.5 Å². The summed E-state index contributed by atoms with van der Waals surface area (Å²) in [4.78, 5) is 15.9. The van der Waals surface area contributed by atoms with Gasteiger partial charge in [0.2, 0.25) is 5.95 Å². The van der Waals surface area contributed by atoms with Crippen molar-refractivity contribution in [2.75, 3.05) is 23.8 Å². The molecular formula is C36H54ClKN6O2. The zero-order valence-electron chi connectivity index (χ0n) is 29.9. The summed E-state index contributed by atoms with van der Waals surface area (Å²) in [5.41, 5.74) is 8.43. The third-order valence-electron chi connectivity index (χ3n) is 6.84. The van der Waals surface area contributed by atoms with Crippen molar-refractivity contribution in [3.63, 3.8) is 0 Å². The van der Waals surface area contributed by atoms with Crippen molar-refractivity contribution in [3.8, 4) is 11.5 Å². The Bertz CT molecular complexity index is 1510. The molecule has 0 saturated carbocycles. The van der Waals surface area contributed by atoms with Crippen molar-refractivity contribution in [3.05, 3.63) is 71.2 Å². The van der Waals surface area contributed by atoms with E-state index in [-0.39, 0.29) is 58.8 Å². The minimum absolute atomic E-state index is 0. The summed E-state index contributed by atoms with van der Waals surface area (Å²) in [7, 11) is 1.90. The van der Waals surface area contributed by atoms with E-state index in [0.29, 0.717) is 58.2 Å². The zero-order chi connectivity index (χ0) is 32.9. The SMILES string of the molecule is CC.CCC/C=c1\cnc(N(C)CCC(C)(C)O)n\c1=C(\N)Nc1ccc(Oc2ccc(C)c(N=CC(C)CC)c2)c(Cl)c1.[CH3-].[K+]. The minimum atomic E-state index is -0.781. The summed E-state index contributed by atoms with van der Waals surface area (Å²) < 4.78 is 6.11. The fourth-order valence-electron chi connectivity index (χ4n) is 3.88. The van der Waals surface area contributed by atoms with E-state index in [0.717, 1.165) is 35.7 Å². The van der Waals surface area contributed by atoms with E-state index in [1.165, 1.54) is 0 Å². The van der Waals surface area contributed by atoms with Crippen LogP contribution in [0.3, 0.4) is 0 Å². The summed E-state index contributed by atoms with van der Waals surface area (Å²) >= 11 is 6.64. The number of nitrogens with two attached hydrogens (primary N) is 1. The Morgan fingerprint density at radius 2 is 1.89 bits per heavy atom. The second kappa shape index (κ2) is 21.8. The number of halogens is 1. The van der Waals surface area contributed by atoms with E-state index in [4.69, 9.17) is 27.1 Å². The number of aromatic nitrogens is 2. The average Bonchev–Trinajstić information content (AvgIpc) is 3.00. The summed E-state index contributed by atoms with van der Waals surface area (Å²) in [6.07, 6.45) is 9.31. The zero-order valence-corrected chi connectivity index (χ0v) is 33.8. The monoisotopic (exact) mass is 676 g/mol. The van der Waals surface area contributed by atoms with E-state index in [9.17, 15) is 5.11 Å². The molecule has 0 aliphatic carbocycles. The van der Waals surface area contributed by atoms with Gasteiger partial charge in [-0.25, -0.2) is 9.97 Å². The van der Waals surface area contributed by atoms with Gasteiger partial charge in [-0.15, -0.1) is 0 Å². The number of aliphatic imine (C=N–C) groups is 1. The van der Waals surface area contributed by atoms with Crippen molar-refractivity contribution in [2.24, 2.45) is 16.6 Å². The van der Waals surface area contributed by atoms with E-state index in [1.54, 1.807) is 32.2 Å². The first kappa shape index (κ1) is 44.0. The maximum absolute atomic E-state index is 10.1. The summed E-state index contributed by atoms with van der Waals surface area (Å²) in [5, 5.41) is 15.3. The maximum atomic E-state index is 10.1. The molecule has 0 aliphatic heterocycles. The average molecular weight is 677 g/mol. The van der Waals surface area contributed by atoms with Crippen molar-refractivity contribution in [1.29, 1.82) is 0 Å². The number of nitrogens with one attached hydrogen (secondary N) is 1. The van der Waals surface area contributed by atoms with Gasteiger partial charge in [0, 0.05) is 43.0 Å². The molecule has 1 heterocycles. The molecule has 0 saturated heterocycles. The second-order valence-corrected chi connectivity index (χ2v) is 11.8. The topological polar surface area (TPSA) is 109 Å². The molecule has 3 rings (SSSR count). The number of anilines is 2. The molecule has 2 aromatic carbocycles. The van der Waals surface area contributed by atoms with Gasteiger partial charge in [0.25, 0.3) is 0 Å². The number of ether oxygens (including phenoxy) is 1. The predicted octanol–water partition coefficient (Wildman–Crippen LogP) is 4.77. The van der Waals surface area contributed by atoms with Crippen molar-refractivity contribution >= 4 is 47.0 Å². The molecule has 0 bridgehead atoms. The predicted molar refractivity (Wildman–Crippen MR) is 194 cm³/mol. The van der Waals surface area contributed by atoms with Crippen LogP contribution in [0.15, 0.2) is 47.6 Å². The normalized spacial score (nSPS) is 12.7. The van der Waals surface area contributed by atoms with Gasteiger partial charge in [0.1, 0.15) is 22.7 Å². The van der Waals surface area contributed by atoms with Gasteiger partial charge in [0.05, 0.1) is 16.3 Å². The Labute approximate surface area is 325 Å². The first-order chi connectivity index (χ1) is 20.9. The van der Waals surface area contributed by atoms with Gasteiger partial charge < -0.3 is 33.2 Å². The molecule has 0 aliphatic rings. The molecule has 0 amide bonds. The number of aryl methyl sites for hydroxylation is 1. The maximum Gasteiger partial charge on any atom is 1.00 e. The van der Waals surface area contributed by atoms with Crippen LogP contribution in [0, 0.1) is 20.3 Å². The third kappa shape index (κ3) is 14.4. The molecule has 3 aromatic rings. The van der Waals surface area contributed by atoms with Gasteiger partial charge in [-0.1, -0.05) is 64.8 Å². The molecule has 0 radical (unpaired) electrons. The molecule has 1 aromatic heterocycles. The molecule has 8 nitrogen and oxygen atoms in total. The number of unbranched alkanes of at least 4 members (excludes halogenated alkanes) is 1. The van der Waals surface area contributed by atoms with Gasteiger partial charge in [-0.3, -0.25) is 4.99 Å². The van der Waals surface area contributed by atoms with Crippen LogP contribution in [0.25, 0.3) is 11.9 Å². The number of nitrogens with zero attached hydrogens (tertiary/aromatic N) is 4. The van der Waals surface area contributed by atoms with E-state index in [1.807, 2.05) is 63.2 Å². The smallest absolute Gasteiger partial charge is 0.456 e. The van der Waals surface area contributed by atoms with E-state index < -0.39 is 5.60 Å². The van der Waals surface area contributed by atoms with Gasteiger partial charge >= 0.3 is 51.4 Å². The minimum Gasteiger partial charge on any atom is -0.456 e. The van der Waals surface area contributed by atoms with Gasteiger partial charge in [-0.2, -0.15) is 0 Å². The summed E-state index contributed by atoms with van der Waals surface area (Å²) in [5.74, 6) is 2.49. The molecule has 1 unspecified atom stereocenters. The van der Waals surface area contributed by atoms with E-state index >= 15 is 0 Å². The van der Waals surface area contributed by atoms with Gasteiger partial charge in [-0.05, 0) is 75.8 Å². The van der Waals surface area contributed by atoms with Crippen molar-refractivity contribution < 1.29 is 61.2 Å². The van der Waals surface area contributed by atoms with Crippen LogP contribution >= 0.6 is 11.6 Å². The largest absolute Gasteiger partial charge is 1.00 e. The Morgan fingerprint density at radius 3 is 2.50 bits per heavy atom. The molecular weight excluding hydrogens is 623 g/mol. The summed E-state index contributed by atoms with van der Waals surface area (Å²) in [6, 6.07) is 11.3. The molecule has 0 fully saturated rings. The second-order valence-electron chi connectivity index (χ2n) is 11.3. The van der Waals surface area contributed by atoms with Crippen LogP contribution in [0.1, 0.15) is 79.7 Å². The Hall–Kier alpha value is -1.98. The fraction of sp³-hybridized carbons (Fsp3) is 0.444. The van der Waals surface area contributed by atoms with Gasteiger partial charge in [0.15, 0.2) is 0 Å². The first-order valence-corrected chi connectivity index (χ1v) is 15.9. The van der Waals surface area contributed by atoms with Crippen molar-refractivity contribution in [1.82, 2.24) is 9.97 Å². The third-order valence-corrected chi connectivity index (χ3v) is 7.14. The van der Waals surface area contributed by atoms with Crippen LogP contribution in [-0.2, 0) is 0 Å². The summed E-state index contributed by atoms with van der Waals surface area (Å²) in [6.45, 7) is 16.6. The van der Waals surface area contributed by atoms with Crippen LogP contribution in [0.4, 0.5) is 17.3 Å². The van der Waals surface area contributed by atoms with Crippen LogP contribution < -0.4 is 82.6 Å². The standard InChI is InChI=1S/C33H45ClN6O2.C2H6.CH3.K/c1-8-10-11-24-21-37-32(40(7)17-16-33(5,6)41)39-30(24)31(35)38-25-13-15-29(27(34)18-25)42-26-14-12-23(4)28(19-26)36-20-22(3)9-2;1-2;;/h11-15,18-22,38,41H,8-10,16-17,35H2,1-7H3;1-2H3;1H3;/q;;-1;+1/b24-11+,31-30-,36-20?;;;. The van der Waals surface area contributed by atoms with Crippen LogP contribution in [0.2, 0.25) is 5.02 Å². The number of benzene rings is 2. The molecule has 4 N–H and O–H groups in total. The number of hydrogen-bond acceptors (Lipinski definition) is 8. The number of aliphatic hydroxyl groups is 1. The molecule has 10 heteroatoms. The number of rotatable bonds is 13. The van der Waals surface area contributed by atoms with Crippen LogP contribution in [-0.4, -0.2) is 40.5 Å². The Morgan fingerprint density at radius 1 is 1.20 bits per heavy atom. The molecule has 0 spiro atoms. The fourth-order valence-corrected chi connectivity index (χ4v) is 4.10. The Balaban J connectivity index is 0.00000496. The molecule has 1 atom stereocenters. The molecule has 248 valence electrons. The number of hydrogen-bond donors (Lipinski definition) is 3. The first-order valence-electron chi connectivity index (χ1n) is 15.6. The van der Waals surface area contributed by atoms with E-state index in [2.05, 4.69) is 42.1 Å².